The highest BCUT2D eigenvalue weighted by Gasteiger charge is 2.34. The van der Waals surface area contributed by atoms with E-state index in [-0.39, 0.29) is 22.5 Å². The maximum Gasteiger partial charge on any atom is 0.416 e. The van der Waals surface area contributed by atoms with Gasteiger partial charge >= 0.3 is 12.4 Å². The Labute approximate surface area is 330 Å². The topological polar surface area (TPSA) is 43.6 Å². The molecule has 7 aromatic carbocycles. The number of alkyl halides is 6. The van der Waals surface area contributed by atoms with Gasteiger partial charge in [0.1, 0.15) is 0 Å². The molecular weight excluding hydrogens is 767 g/mol. The Bertz CT molecular complexity index is 3080. The van der Waals surface area contributed by atoms with Crippen molar-refractivity contribution >= 4 is 53.3 Å². The van der Waals surface area contributed by atoms with Crippen LogP contribution in [-0.2, 0) is 12.4 Å². The first-order valence-electron chi connectivity index (χ1n) is 18.2. The van der Waals surface area contributed by atoms with Gasteiger partial charge in [0.05, 0.1) is 27.8 Å². The molecule has 0 aliphatic heterocycles. The molecule has 0 amide bonds. The summed E-state index contributed by atoms with van der Waals surface area (Å²) in [5.74, 6) is 0.862. The minimum atomic E-state index is -4.72. The summed E-state index contributed by atoms with van der Waals surface area (Å²) in [6.45, 7) is 0. The third kappa shape index (κ3) is 6.06. The summed E-state index contributed by atoms with van der Waals surface area (Å²) < 4.78 is 89.7. The molecular formula is C47H26F6N4S. The molecule has 0 fully saturated rings. The zero-order chi connectivity index (χ0) is 39.8. The van der Waals surface area contributed by atoms with Crippen LogP contribution >= 0.6 is 11.3 Å². The van der Waals surface area contributed by atoms with Crippen LogP contribution in [0.1, 0.15) is 11.1 Å². The van der Waals surface area contributed by atoms with Crippen molar-refractivity contribution in [2.45, 2.75) is 12.4 Å². The average molecular weight is 793 g/mol. The zero-order valence-corrected chi connectivity index (χ0v) is 30.8. The molecule has 0 aliphatic rings. The molecule has 0 radical (unpaired) electrons. The van der Waals surface area contributed by atoms with Gasteiger partial charge in [-0.1, -0.05) is 109 Å². The first-order chi connectivity index (χ1) is 28.0. The summed E-state index contributed by atoms with van der Waals surface area (Å²) in [7, 11) is 0. The molecule has 4 nitrogen and oxygen atoms in total. The normalized spacial score (nSPS) is 12.3. The molecule has 3 heterocycles. The lowest BCUT2D eigenvalue weighted by Crippen LogP contribution is -2.07. The Kier molecular flexibility index (Phi) is 8.20. The van der Waals surface area contributed by atoms with Gasteiger partial charge in [-0.15, -0.1) is 11.3 Å². The molecule has 10 rings (SSSR count). The molecule has 3 aromatic heterocycles. The molecule has 11 heteroatoms. The Morgan fingerprint density at radius 1 is 0.414 bits per heavy atom. The van der Waals surface area contributed by atoms with Gasteiger partial charge in [0.2, 0.25) is 0 Å². The quantitative estimate of drug-likeness (QED) is 0.163. The molecule has 0 unspecified atom stereocenters. The average Bonchev–Trinajstić information content (AvgIpc) is 3.78. The lowest BCUT2D eigenvalue weighted by molar-refractivity contribution is -0.138. The molecule has 282 valence electrons. The molecule has 0 saturated heterocycles. The molecule has 0 atom stereocenters. The van der Waals surface area contributed by atoms with Gasteiger partial charge in [-0.3, -0.25) is 0 Å². The summed E-state index contributed by atoms with van der Waals surface area (Å²) >= 11 is 1.66. The molecule has 10 aromatic rings. The standard InChI is InChI=1S/C47H26F6N4S/c48-46(49,50)30-19-21-33-34-22-20-31(47(51,52)53)26-39(34)57(38(33)25-30)37-23-18-29(32-15-9-17-41-42(32)35-14-7-8-16-40(35)58-41)24-36(37)45-55-43(27-10-3-1-4-11-27)54-44(56-45)28-12-5-2-6-13-28/h1-26H. The van der Waals surface area contributed by atoms with Gasteiger partial charge in [0.25, 0.3) is 0 Å². The van der Waals surface area contributed by atoms with E-state index in [1.54, 1.807) is 17.4 Å². The zero-order valence-electron chi connectivity index (χ0n) is 30.0. The van der Waals surface area contributed by atoms with Gasteiger partial charge in [-0.2, -0.15) is 26.3 Å². The van der Waals surface area contributed by atoms with E-state index in [0.29, 0.717) is 39.1 Å². The van der Waals surface area contributed by atoms with Crippen LogP contribution in [0.3, 0.4) is 0 Å². The molecule has 0 bridgehead atoms. The Hall–Kier alpha value is -6.85. The number of thiophene rings is 1. The van der Waals surface area contributed by atoms with E-state index in [9.17, 15) is 26.3 Å². The summed E-state index contributed by atoms with van der Waals surface area (Å²) in [5, 5.41) is 2.79. The number of fused-ring (bicyclic) bond motifs is 6. The van der Waals surface area contributed by atoms with Crippen LogP contribution in [0.5, 0.6) is 0 Å². The molecule has 58 heavy (non-hydrogen) atoms. The number of benzene rings is 7. The highest BCUT2D eigenvalue weighted by molar-refractivity contribution is 7.25. The number of hydrogen-bond donors (Lipinski definition) is 0. The van der Waals surface area contributed by atoms with Crippen molar-refractivity contribution in [1.82, 2.24) is 19.5 Å². The predicted octanol–water partition coefficient (Wildman–Crippen LogP) is 14.0. The third-order valence-electron chi connectivity index (χ3n) is 10.3. The largest absolute Gasteiger partial charge is 0.416 e. The second-order valence-corrected chi connectivity index (χ2v) is 14.9. The second-order valence-electron chi connectivity index (χ2n) is 13.8. The highest BCUT2D eigenvalue weighted by atomic mass is 32.1. The second kappa shape index (κ2) is 13.4. The van der Waals surface area contributed by atoms with Crippen LogP contribution in [0.15, 0.2) is 158 Å². The molecule has 0 N–H and O–H groups in total. The van der Waals surface area contributed by atoms with Crippen molar-refractivity contribution in [2.75, 3.05) is 0 Å². The van der Waals surface area contributed by atoms with Crippen LogP contribution in [0.25, 0.3) is 93.0 Å². The number of hydrogen-bond acceptors (Lipinski definition) is 4. The maximum atomic E-state index is 14.3. The summed E-state index contributed by atoms with van der Waals surface area (Å²) in [6.07, 6.45) is -9.44. The molecule has 0 spiro atoms. The van der Waals surface area contributed by atoms with E-state index in [1.165, 1.54) is 16.7 Å². The van der Waals surface area contributed by atoms with E-state index in [2.05, 4.69) is 18.2 Å². The SMILES string of the molecule is FC(F)(F)c1ccc2c3ccc(C(F)(F)F)cc3n(-c3ccc(-c4cccc5sc6ccccc6c45)cc3-c3nc(-c4ccccc4)nc(-c4ccccc4)n3)c2c1. The summed E-state index contributed by atoms with van der Waals surface area (Å²) in [4.78, 5) is 14.8. The van der Waals surface area contributed by atoms with Crippen molar-refractivity contribution in [3.63, 3.8) is 0 Å². The molecule has 0 aliphatic carbocycles. The van der Waals surface area contributed by atoms with E-state index in [0.717, 1.165) is 55.6 Å². The highest BCUT2D eigenvalue weighted by Crippen LogP contribution is 2.44. The fourth-order valence-corrected chi connectivity index (χ4v) is 8.78. The minimum absolute atomic E-state index is 0.0738. The minimum Gasteiger partial charge on any atom is -0.308 e. The van der Waals surface area contributed by atoms with Gasteiger partial charge in [-0.05, 0) is 59.7 Å². The van der Waals surface area contributed by atoms with Crippen LogP contribution in [0.4, 0.5) is 26.3 Å². The fourth-order valence-electron chi connectivity index (χ4n) is 7.65. The Morgan fingerprint density at radius 2 is 0.948 bits per heavy atom. The van der Waals surface area contributed by atoms with Crippen LogP contribution in [0, 0.1) is 0 Å². The van der Waals surface area contributed by atoms with Crippen molar-refractivity contribution in [3.8, 4) is 51.0 Å². The number of rotatable bonds is 5. The number of aromatic nitrogens is 4. The third-order valence-corrected chi connectivity index (χ3v) is 11.4. The lowest BCUT2D eigenvalue weighted by Gasteiger charge is -2.17. The summed E-state index contributed by atoms with van der Waals surface area (Å²) in [6, 6.07) is 44.6. The smallest absolute Gasteiger partial charge is 0.308 e. The van der Waals surface area contributed by atoms with Crippen molar-refractivity contribution in [2.24, 2.45) is 0 Å². The number of halogens is 6. The summed E-state index contributed by atoms with van der Waals surface area (Å²) in [5.41, 5.74) is 1.96. The van der Waals surface area contributed by atoms with E-state index < -0.39 is 23.5 Å². The van der Waals surface area contributed by atoms with Crippen molar-refractivity contribution in [1.29, 1.82) is 0 Å². The fraction of sp³-hybridized carbons (Fsp3) is 0.0426. The maximum absolute atomic E-state index is 14.3. The van der Waals surface area contributed by atoms with E-state index >= 15 is 0 Å². The lowest BCUT2D eigenvalue weighted by atomic mass is 9.96. The van der Waals surface area contributed by atoms with E-state index in [4.69, 9.17) is 15.0 Å². The predicted molar refractivity (Wildman–Crippen MR) is 219 cm³/mol. The van der Waals surface area contributed by atoms with Crippen LogP contribution in [0.2, 0.25) is 0 Å². The monoisotopic (exact) mass is 792 g/mol. The Balaban J connectivity index is 1.33. The molecule has 0 saturated carbocycles. The first kappa shape index (κ1) is 35.6. The number of nitrogens with zero attached hydrogens (tertiary/aromatic N) is 4. The van der Waals surface area contributed by atoms with Crippen LogP contribution in [-0.4, -0.2) is 19.5 Å². The van der Waals surface area contributed by atoms with Gasteiger partial charge in [0, 0.05) is 47.6 Å². The Morgan fingerprint density at radius 3 is 1.53 bits per heavy atom. The van der Waals surface area contributed by atoms with Crippen molar-refractivity contribution in [3.05, 3.63) is 169 Å². The first-order valence-corrected chi connectivity index (χ1v) is 19.0. The van der Waals surface area contributed by atoms with Gasteiger partial charge in [0.15, 0.2) is 17.5 Å². The van der Waals surface area contributed by atoms with Crippen molar-refractivity contribution < 1.29 is 26.3 Å². The van der Waals surface area contributed by atoms with E-state index in [1.807, 2.05) is 97.1 Å². The van der Waals surface area contributed by atoms with Crippen LogP contribution < -0.4 is 0 Å². The van der Waals surface area contributed by atoms with Gasteiger partial charge < -0.3 is 4.57 Å². The van der Waals surface area contributed by atoms with Gasteiger partial charge in [-0.25, -0.2) is 15.0 Å².